The van der Waals surface area contributed by atoms with Gasteiger partial charge in [-0.25, -0.2) is 8.42 Å². The van der Waals surface area contributed by atoms with Gasteiger partial charge in [0, 0.05) is 31.8 Å². The molecule has 160 valence electrons. The van der Waals surface area contributed by atoms with E-state index < -0.39 is 24.9 Å². The molecule has 0 aromatic heterocycles. The maximum atomic E-state index is 12.9. The van der Waals surface area contributed by atoms with Gasteiger partial charge in [-0.3, -0.25) is 14.3 Å². The molecule has 0 saturated carbocycles. The topological polar surface area (TPSA) is 127 Å². The van der Waals surface area contributed by atoms with Gasteiger partial charge >= 0.3 is 0 Å². The standard InChI is InChI=1S/C16H27N3O7S2/c1-5-8-18(9-11-26-27(4,22)23)15-7-6-14(19(20)21)13-16(15)28(24,25)12-10-17(2)3/h6-7,13H,5,8-12H2,1-4H3. The zero-order chi connectivity index (χ0) is 21.5. The van der Waals surface area contributed by atoms with E-state index in [0.29, 0.717) is 18.7 Å². The summed E-state index contributed by atoms with van der Waals surface area (Å²) in [5.74, 6) is -0.200. The van der Waals surface area contributed by atoms with Crippen LogP contribution in [0.15, 0.2) is 23.1 Å². The number of nitro groups is 1. The van der Waals surface area contributed by atoms with E-state index >= 15 is 0 Å². The minimum atomic E-state index is -3.81. The summed E-state index contributed by atoms with van der Waals surface area (Å²) in [4.78, 5) is 13.7. The molecule has 0 N–H and O–H groups in total. The number of benzene rings is 1. The van der Waals surface area contributed by atoms with E-state index in [1.807, 2.05) is 6.92 Å². The molecule has 0 unspecified atom stereocenters. The Kier molecular flexibility index (Phi) is 8.79. The number of sulfone groups is 1. The maximum absolute atomic E-state index is 12.9. The Morgan fingerprint density at radius 3 is 2.25 bits per heavy atom. The average Bonchev–Trinajstić information content (AvgIpc) is 2.57. The molecule has 28 heavy (non-hydrogen) atoms. The Morgan fingerprint density at radius 1 is 1.11 bits per heavy atom. The van der Waals surface area contributed by atoms with Crippen LogP contribution in [0.1, 0.15) is 13.3 Å². The minimum Gasteiger partial charge on any atom is -0.368 e. The molecule has 0 radical (unpaired) electrons. The summed E-state index contributed by atoms with van der Waals surface area (Å²) >= 11 is 0. The van der Waals surface area contributed by atoms with Crippen molar-refractivity contribution in [3.05, 3.63) is 28.3 Å². The van der Waals surface area contributed by atoms with Crippen LogP contribution in [-0.4, -0.2) is 79.0 Å². The quantitative estimate of drug-likeness (QED) is 0.268. The summed E-state index contributed by atoms with van der Waals surface area (Å²) in [7, 11) is -3.97. The molecule has 0 amide bonds. The molecule has 0 fully saturated rings. The molecule has 0 atom stereocenters. The molecular formula is C16H27N3O7S2. The lowest BCUT2D eigenvalue weighted by Crippen LogP contribution is -2.31. The smallest absolute Gasteiger partial charge is 0.270 e. The van der Waals surface area contributed by atoms with Gasteiger partial charge in [-0.15, -0.1) is 0 Å². The van der Waals surface area contributed by atoms with E-state index in [1.165, 1.54) is 12.1 Å². The van der Waals surface area contributed by atoms with Gasteiger partial charge in [-0.1, -0.05) is 6.92 Å². The number of nitrogens with zero attached hydrogens (tertiary/aromatic N) is 3. The Hall–Kier alpha value is -1.76. The van der Waals surface area contributed by atoms with Gasteiger partial charge in [0.05, 0.1) is 34.1 Å². The average molecular weight is 438 g/mol. The molecule has 0 saturated heterocycles. The number of rotatable bonds is 12. The largest absolute Gasteiger partial charge is 0.368 e. The molecular weight excluding hydrogens is 410 g/mol. The highest BCUT2D eigenvalue weighted by atomic mass is 32.2. The Morgan fingerprint density at radius 2 is 1.75 bits per heavy atom. The Bertz CT molecular complexity index is 883. The van der Waals surface area contributed by atoms with E-state index in [0.717, 1.165) is 12.3 Å². The SMILES string of the molecule is CCCN(CCOS(C)(=O)=O)c1ccc([N+](=O)[O-])cc1S(=O)(=O)CCN(C)C. The van der Waals surface area contributed by atoms with Crippen LogP contribution in [0, 0.1) is 10.1 Å². The summed E-state index contributed by atoms with van der Waals surface area (Å²) in [5, 5.41) is 11.1. The number of hydrogen-bond donors (Lipinski definition) is 0. The monoisotopic (exact) mass is 437 g/mol. The number of anilines is 1. The van der Waals surface area contributed by atoms with Crippen molar-refractivity contribution in [2.24, 2.45) is 0 Å². The molecule has 0 spiro atoms. The van der Waals surface area contributed by atoms with Crippen LogP contribution in [0.2, 0.25) is 0 Å². The molecule has 10 nitrogen and oxygen atoms in total. The lowest BCUT2D eigenvalue weighted by molar-refractivity contribution is -0.385. The zero-order valence-corrected chi connectivity index (χ0v) is 18.1. The molecule has 1 rings (SSSR count). The fraction of sp³-hybridized carbons (Fsp3) is 0.625. The van der Waals surface area contributed by atoms with Gasteiger partial charge in [-0.2, -0.15) is 8.42 Å². The van der Waals surface area contributed by atoms with Crippen molar-refractivity contribution in [2.75, 3.05) is 57.2 Å². The van der Waals surface area contributed by atoms with Crippen LogP contribution >= 0.6 is 0 Å². The normalized spacial score (nSPS) is 12.3. The first-order valence-electron chi connectivity index (χ1n) is 8.62. The molecule has 0 aliphatic rings. The van der Waals surface area contributed by atoms with Crippen molar-refractivity contribution in [1.29, 1.82) is 0 Å². The highest BCUT2D eigenvalue weighted by Crippen LogP contribution is 2.30. The second-order valence-corrected chi connectivity index (χ2v) is 10.3. The Labute approximate surface area is 166 Å². The summed E-state index contributed by atoms with van der Waals surface area (Å²) < 4.78 is 52.9. The van der Waals surface area contributed by atoms with Gasteiger partial charge < -0.3 is 9.80 Å². The lowest BCUT2D eigenvalue weighted by Gasteiger charge is -2.26. The summed E-state index contributed by atoms with van der Waals surface area (Å²) in [6, 6.07) is 3.68. The third-order valence-corrected chi connectivity index (χ3v) is 6.10. The molecule has 12 heteroatoms. The van der Waals surface area contributed by atoms with Gasteiger partial charge in [0.2, 0.25) is 0 Å². The maximum Gasteiger partial charge on any atom is 0.270 e. The molecule has 1 aromatic carbocycles. The second-order valence-electron chi connectivity index (χ2n) is 6.54. The highest BCUT2D eigenvalue weighted by Gasteiger charge is 2.25. The van der Waals surface area contributed by atoms with E-state index in [4.69, 9.17) is 4.18 Å². The predicted octanol–water partition coefficient (Wildman–Crippen LogP) is 1.12. The Balaban J connectivity index is 3.34. The number of non-ortho nitro benzene ring substituents is 1. The predicted molar refractivity (Wildman–Crippen MR) is 107 cm³/mol. The lowest BCUT2D eigenvalue weighted by atomic mass is 10.2. The van der Waals surface area contributed by atoms with Crippen molar-refractivity contribution in [3.8, 4) is 0 Å². The minimum absolute atomic E-state index is 0.120. The van der Waals surface area contributed by atoms with Crippen molar-refractivity contribution in [2.45, 2.75) is 18.2 Å². The third-order valence-electron chi connectivity index (χ3n) is 3.79. The third kappa shape index (κ3) is 7.70. The first-order valence-corrected chi connectivity index (χ1v) is 12.1. The summed E-state index contributed by atoms with van der Waals surface area (Å²) in [6.45, 7) is 2.54. The number of hydrogen-bond acceptors (Lipinski definition) is 9. The van der Waals surface area contributed by atoms with Crippen molar-refractivity contribution in [1.82, 2.24) is 4.90 Å². The zero-order valence-electron chi connectivity index (χ0n) is 16.5. The summed E-state index contributed by atoms with van der Waals surface area (Å²) in [6.07, 6.45) is 1.59. The van der Waals surface area contributed by atoms with E-state index in [-0.39, 0.29) is 36.0 Å². The fourth-order valence-corrected chi connectivity index (χ4v) is 4.48. The van der Waals surface area contributed by atoms with Crippen LogP contribution in [0.4, 0.5) is 11.4 Å². The van der Waals surface area contributed by atoms with Crippen LogP contribution in [-0.2, 0) is 24.1 Å². The summed E-state index contributed by atoms with van der Waals surface area (Å²) in [5.41, 5.74) is -0.0284. The molecule has 0 heterocycles. The number of nitro benzene ring substituents is 1. The van der Waals surface area contributed by atoms with Crippen LogP contribution in [0.5, 0.6) is 0 Å². The fourth-order valence-electron chi connectivity index (χ4n) is 2.46. The molecule has 0 bridgehead atoms. The van der Waals surface area contributed by atoms with Gasteiger partial charge in [0.25, 0.3) is 15.8 Å². The first-order chi connectivity index (χ1) is 12.9. The van der Waals surface area contributed by atoms with Crippen molar-refractivity contribution < 1.29 is 25.9 Å². The van der Waals surface area contributed by atoms with Gasteiger partial charge in [0.1, 0.15) is 0 Å². The van der Waals surface area contributed by atoms with Crippen molar-refractivity contribution >= 4 is 31.3 Å². The van der Waals surface area contributed by atoms with Crippen LogP contribution in [0.25, 0.3) is 0 Å². The van der Waals surface area contributed by atoms with E-state index in [1.54, 1.807) is 23.9 Å². The second kappa shape index (κ2) is 10.1. The van der Waals surface area contributed by atoms with E-state index in [9.17, 15) is 26.9 Å². The van der Waals surface area contributed by atoms with Crippen LogP contribution < -0.4 is 4.90 Å². The first kappa shape index (κ1) is 24.3. The molecule has 0 aliphatic carbocycles. The van der Waals surface area contributed by atoms with E-state index in [2.05, 4.69) is 0 Å². The highest BCUT2D eigenvalue weighted by molar-refractivity contribution is 7.91. The molecule has 0 aliphatic heterocycles. The van der Waals surface area contributed by atoms with Crippen molar-refractivity contribution in [3.63, 3.8) is 0 Å². The molecule has 1 aromatic rings. The van der Waals surface area contributed by atoms with Crippen LogP contribution in [0.3, 0.4) is 0 Å². The van der Waals surface area contributed by atoms with Gasteiger partial charge in [0.15, 0.2) is 9.84 Å². The van der Waals surface area contributed by atoms with Gasteiger partial charge in [-0.05, 0) is 26.6 Å².